The standard InChI is InChI=1S/C25H27F2N7O3/c1-29-5-6-34-11-14(25(36)37)22(35)13-7-12(10-31-24(13)34)8-17(33(3)4)18-19-20(27)15(26)9-16(30-2)21(19)32-23(18)28/h7-11,29-30,32H,5-6,28H2,1-4H3,(H,36,37)/b17-8-. The van der Waals surface area contributed by atoms with E-state index in [1.807, 2.05) is 0 Å². The van der Waals surface area contributed by atoms with Gasteiger partial charge in [0, 0.05) is 58.4 Å². The minimum absolute atomic E-state index is 0.0295. The fourth-order valence-corrected chi connectivity index (χ4v) is 4.29. The number of H-pyrrole nitrogens is 1. The predicted molar refractivity (Wildman–Crippen MR) is 141 cm³/mol. The van der Waals surface area contributed by atoms with Crippen LogP contribution in [0.4, 0.5) is 20.3 Å². The van der Waals surface area contributed by atoms with Gasteiger partial charge >= 0.3 is 5.97 Å². The molecule has 0 bridgehead atoms. The fraction of sp³-hybridized carbons (Fsp3) is 0.240. The molecule has 0 spiro atoms. The number of likely N-dealkylation sites (N-methyl/N-ethyl adjacent to an activating group) is 1. The first-order valence-electron chi connectivity index (χ1n) is 11.4. The Bertz CT molecular complexity index is 1620. The van der Waals surface area contributed by atoms with E-state index in [0.717, 1.165) is 6.07 Å². The molecule has 3 aromatic heterocycles. The fourth-order valence-electron chi connectivity index (χ4n) is 4.29. The van der Waals surface area contributed by atoms with Crippen molar-refractivity contribution in [2.24, 2.45) is 0 Å². The summed E-state index contributed by atoms with van der Waals surface area (Å²) in [7, 11) is 6.76. The van der Waals surface area contributed by atoms with E-state index in [-0.39, 0.29) is 27.7 Å². The molecule has 6 N–H and O–H groups in total. The summed E-state index contributed by atoms with van der Waals surface area (Å²) in [6.07, 6.45) is 4.42. The average molecular weight is 512 g/mol. The molecule has 12 heteroatoms. The number of carboxylic acid groups (broad SMARTS) is 1. The number of anilines is 2. The van der Waals surface area contributed by atoms with Crippen molar-refractivity contribution in [1.82, 2.24) is 24.8 Å². The van der Waals surface area contributed by atoms with Gasteiger partial charge < -0.3 is 35.9 Å². The molecule has 3 heterocycles. The van der Waals surface area contributed by atoms with E-state index < -0.39 is 23.0 Å². The van der Waals surface area contributed by atoms with Crippen molar-refractivity contribution in [1.29, 1.82) is 0 Å². The van der Waals surface area contributed by atoms with Crippen molar-refractivity contribution in [3.63, 3.8) is 0 Å². The van der Waals surface area contributed by atoms with Crippen LogP contribution in [-0.2, 0) is 6.54 Å². The van der Waals surface area contributed by atoms with Crippen LogP contribution in [0.15, 0.2) is 29.3 Å². The molecule has 10 nitrogen and oxygen atoms in total. The Balaban J connectivity index is 1.98. The molecule has 4 rings (SSSR count). The minimum atomic E-state index is -1.34. The van der Waals surface area contributed by atoms with Crippen molar-refractivity contribution < 1.29 is 18.7 Å². The molecule has 0 radical (unpaired) electrons. The van der Waals surface area contributed by atoms with Crippen molar-refractivity contribution >= 4 is 51.2 Å². The van der Waals surface area contributed by atoms with E-state index in [4.69, 9.17) is 5.73 Å². The Hall–Kier alpha value is -4.45. The monoisotopic (exact) mass is 511 g/mol. The maximum absolute atomic E-state index is 15.0. The van der Waals surface area contributed by atoms with Crippen molar-refractivity contribution in [2.75, 3.05) is 45.8 Å². The van der Waals surface area contributed by atoms with Gasteiger partial charge in [-0.2, -0.15) is 0 Å². The van der Waals surface area contributed by atoms with Gasteiger partial charge in [-0.15, -0.1) is 0 Å². The number of rotatable bonds is 8. The number of nitrogen functional groups attached to an aromatic ring is 1. The summed E-state index contributed by atoms with van der Waals surface area (Å²) in [6, 6.07) is 2.57. The van der Waals surface area contributed by atoms with E-state index in [9.17, 15) is 19.1 Å². The largest absolute Gasteiger partial charge is 0.477 e. The second kappa shape index (κ2) is 9.90. The number of carbonyl (C=O) groups is 1. The first kappa shape index (κ1) is 25.6. The van der Waals surface area contributed by atoms with Gasteiger partial charge in [0.15, 0.2) is 11.6 Å². The molecule has 0 saturated carbocycles. The lowest BCUT2D eigenvalue weighted by Gasteiger charge is -2.19. The highest BCUT2D eigenvalue weighted by Crippen LogP contribution is 2.38. The number of halogens is 2. The average Bonchev–Trinajstić information content (AvgIpc) is 3.20. The summed E-state index contributed by atoms with van der Waals surface area (Å²) in [6.45, 7) is 0.922. The Morgan fingerprint density at radius 1 is 1.30 bits per heavy atom. The number of aromatic nitrogens is 3. The van der Waals surface area contributed by atoms with Crippen LogP contribution in [0, 0.1) is 11.6 Å². The lowest BCUT2D eigenvalue weighted by atomic mass is 10.0. The molecular weight excluding hydrogens is 484 g/mol. The maximum Gasteiger partial charge on any atom is 0.341 e. The van der Waals surface area contributed by atoms with E-state index in [2.05, 4.69) is 20.6 Å². The van der Waals surface area contributed by atoms with Crippen LogP contribution in [-0.4, -0.2) is 65.2 Å². The van der Waals surface area contributed by atoms with E-state index in [1.165, 1.54) is 18.5 Å². The summed E-state index contributed by atoms with van der Waals surface area (Å²) in [5, 5.41) is 15.5. The van der Waals surface area contributed by atoms with E-state index in [0.29, 0.717) is 41.2 Å². The van der Waals surface area contributed by atoms with Crippen LogP contribution in [0.1, 0.15) is 21.5 Å². The molecule has 0 aliphatic carbocycles. The van der Waals surface area contributed by atoms with Crippen molar-refractivity contribution in [3.8, 4) is 0 Å². The van der Waals surface area contributed by atoms with Gasteiger partial charge in [-0.05, 0) is 24.8 Å². The zero-order valence-corrected chi connectivity index (χ0v) is 20.7. The number of pyridine rings is 2. The number of nitrogens with two attached hydrogens (primary N) is 1. The number of aromatic carboxylic acids is 1. The highest BCUT2D eigenvalue weighted by molar-refractivity contribution is 6.06. The number of aromatic amines is 1. The predicted octanol–water partition coefficient (Wildman–Crippen LogP) is 2.76. The van der Waals surface area contributed by atoms with Crippen LogP contribution >= 0.6 is 0 Å². The lowest BCUT2D eigenvalue weighted by Crippen LogP contribution is -2.22. The Morgan fingerprint density at radius 3 is 2.65 bits per heavy atom. The van der Waals surface area contributed by atoms with Gasteiger partial charge in [-0.1, -0.05) is 0 Å². The third-order valence-corrected chi connectivity index (χ3v) is 6.08. The van der Waals surface area contributed by atoms with Crippen LogP contribution < -0.4 is 21.8 Å². The van der Waals surface area contributed by atoms with E-state index in [1.54, 1.807) is 43.7 Å². The normalized spacial score (nSPS) is 11.9. The van der Waals surface area contributed by atoms with Gasteiger partial charge in [0.2, 0.25) is 5.43 Å². The molecule has 0 atom stereocenters. The summed E-state index contributed by atoms with van der Waals surface area (Å²) in [5.74, 6) is -3.32. The molecule has 0 fully saturated rings. The molecule has 0 aliphatic heterocycles. The molecular formula is C25H27F2N7O3. The number of hydrogen-bond donors (Lipinski definition) is 5. The molecule has 194 valence electrons. The number of benzene rings is 1. The first-order valence-corrected chi connectivity index (χ1v) is 11.4. The first-order chi connectivity index (χ1) is 17.6. The molecule has 0 aliphatic rings. The maximum atomic E-state index is 15.0. The summed E-state index contributed by atoms with van der Waals surface area (Å²) in [5.41, 5.74) is 7.25. The third-order valence-electron chi connectivity index (χ3n) is 6.08. The SMILES string of the molecule is CNCCn1cc(C(=O)O)c(=O)c2cc(/C=C(/c3c(N)[nH]c4c(NC)cc(F)c(F)c34)N(C)C)cnc21. The molecule has 4 aromatic rings. The van der Waals surface area contributed by atoms with Crippen LogP contribution in [0.2, 0.25) is 0 Å². The second-order valence-corrected chi connectivity index (χ2v) is 8.67. The zero-order valence-electron chi connectivity index (χ0n) is 20.7. The van der Waals surface area contributed by atoms with Gasteiger partial charge in [-0.25, -0.2) is 18.6 Å². The Labute approximate surface area is 210 Å². The molecule has 0 amide bonds. The zero-order chi connectivity index (χ0) is 27.0. The van der Waals surface area contributed by atoms with E-state index >= 15 is 4.39 Å². The Morgan fingerprint density at radius 2 is 2.03 bits per heavy atom. The molecule has 0 unspecified atom stereocenters. The smallest absolute Gasteiger partial charge is 0.341 e. The molecule has 0 saturated heterocycles. The summed E-state index contributed by atoms with van der Waals surface area (Å²) in [4.78, 5) is 33.7. The highest BCUT2D eigenvalue weighted by Gasteiger charge is 2.23. The lowest BCUT2D eigenvalue weighted by molar-refractivity contribution is 0.0694. The topological polar surface area (TPSA) is 141 Å². The number of nitrogens with zero attached hydrogens (tertiary/aromatic N) is 3. The number of fused-ring (bicyclic) bond motifs is 2. The van der Waals surface area contributed by atoms with Crippen molar-refractivity contribution in [2.45, 2.75) is 6.54 Å². The Kier molecular flexibility index (Phi) is 6.86. The van der Waals surface area contributed by atoms with Gasteiger partial charge in [-0.3, -0.25) is 4.79 Å². The van der Waals surface area contributed by atoms with Crippen molar-refractivity contribution in [3.05, 3.63) is 63.1 Å². The number of carboxylic acids is 1. The van der Waals surface area contributed by atoms with Crippen LogP contribution in [0.25, 0.3) is 33.7 Å². The van der Waals surface area contributed by atoms with Crippen LogP contribution in [0.3, 0.4) is 0 Å². The van der Waals surface area contributed by atoms with Crippen LogP contribution in [0.5, 0.6) is 0 Å². The third kappa shape index (κ3) is 4.47. The van der Waals surface area contributed by atoms with Gasteiger partial charge in [0.25, 0.3) is 0 Å². The summed E-state index contributed by atoms with van der Waals surface area (Å²) < 4.78 is 31.1. The number of nitrogens with one attached hydrogen (secondary N) is 3. The number of hydrogen-bond acceptors (Lipinski definition) is 7. The van der Waals surface area contributed by atoms with Gasteiger partial charge in [0.1, 0.15) is 17.0 Å². The molecule has 37 heavy (non-hydrogen) atoms. The quantitative estimate of drug-likeness (QED) is 0.243. The van der Waals surface area contributed by atoms with Gasteiger partial charge in [0.05, 0.1) is 27.5 Å². The minimum Gasteiger partial charge on any atom is -0.477 e. The highest BCUT2D eigenvalue weighted by atomic mass is 19.2. The second-order valence-electron chi connectivity index (χ2n) is 8.67. The summed E-state index contributed by atoms with van der Waals surface area (Å²) >= 11 is 0. The molecule has 1 aromatic carbocycles.